The van der Waals surface area contributed by atoms with Crippen molar-refractivity contribution in [2.24, 2.45) is 5.10 Å². The van der Waals surface area contributed by atoms with Crippen molar-refractivity contribution in [2.45, 2.75) is 32.4 Å². The maximum atomic E-state index is 12.6. The van der Waals surface area contributed by atoms with Crippen molar-refractivity contribution >= 4 is 18.0 Å². The van der Waals surface area contributed by atoms with Gasteiger partial charge in [-0.1, -0.05) is 42.5 Å². The number of nitrogens with one attached hydrogen (secondary N) is 1. The smallest absolute Gasteiger partial charge is 0.271 e. The molecule has 3 aromatic carbocycles. The highest BCUT2D eigenvalue weighted by Gasteiger charge is 2.18. The van der Waals surface area contributed by atoms with E-state index in [0.717, 1.165) is 70.8 Å². The van der Waals surface area contributed by atoms with Crippen LogP contribution in [-0.2, 0) is 17.9 Å². The molecule has 5 rings (SSSR count). The third kappa shape index (κ3) is 8.74. The molecule has 214 valence electrons. The molecule has 0 bridgehead atoms. The van der Waals surface area contributed by atoms with E-state index in [4.69, 9.17) is 4.74 Å². The summed E-state index contributed by atoms with van der Waals surface area (Å²) >= 11 is 0. The van der Waals surface area contributed by atoms with Gasteiger partial charge in [0.25, 0.3) is 11.8 Å². The van der Waals surface area contributed by atoms with Crippen LogP contribution in [0, 0.1) is 0 Å². The predicted molar refractivity (Wildman–Crippen MR) is 161 cm³/mol. The molecule has 0 saturated carbocycles. The number of ether oxygens (including phenoxy) is 1. The zero-order valence-corrected chi connectivity index (χ0v) is 23.6. The highest BCUT2D eigenvalue weighted by atomic mass is 16.5. The average molecular weight is 554 g/mol. The highest BCUT2D eigenvalue weighted by Crippen LogP contribution is 2.14. The maximum Gasteiger partial charge on any atom is 0.271 e. The summed E-state index contributed by atoms with van der Waals surface area (Å²) in [5.41, 5.74) is 6.54. The van der Waals surface area contributed by atoms with Gasteiger partial charge in [0.05, 0.1) is 6.21 Å². The van der Waals surface area contributed by atoms with Gasteiger partial charge in [0.15, 0.2) is 6.61 Å². The number of carbonyl (C=O) groups excluding carboxylic acids is 2. The molecule has 8 heteroatoms. The number of likely N-dealkylation sites (tertiary alicyclic amines) is 1. The fourth-order valence-corrected chi connectivity index (χ4v) is 5.23. The van der Waals surface area contributed by atoms with Gasteiger partial charge in [-0.15, -0.1) is 0 Å². The van der Waals surface area contributed by atoms with Gasteiger partial charge in [-0.2, -0.15) is 5.10 Å². The van der Waals surface area contributed by atoms with Crippen LogP contribution in [0.4, 0.5) is 0 Å². The van der Waals surface area contributed by atoms with Crippen LogP contribution in [0.2, 0.25) is 0 Å². The molecule has 2 fully saturated rings. The second-order valence-corrected chi connectivity index (χ2v) is 10.7. The summed E-state index contributed by atoms with van der Waals surface area (Å²) in [6.45, 7) is 7.76. The number of piperazine rings is 1. The molecule has 0 radical (unpaired) electrons. The molecule has 0 atom stereocenters. The fraction of sp³-hybridized carbons (Fsp3) is 0.364. The Balaban J connectivity index is 1.01. The van der Waals surface area contributed by atoms with Crippen LogP contribution in [0.1, 0.15) is 46.3 Å². The lowest BCUT2D eigenvalue weighted by Gasteiger charge is -2.34. The summed E-state index contributed by atoms with van der Waals surface area (Å²) in [5, 5.41) is 4.10. The molecule has 0 aromatic heterocycles. The van der Waals surface area contributed by atoms with E-state index < -0.39 is 0 Å². The van der Waals surface area contributed by atoms with E-state index in [1.807, 2.05) is 41.3 Å². The maximum absolute atomic E-state index is 12.6. The lowest BCUT2D eigenvalue weighted by molar-refractivity contribution is -0.134. The second-order valence-electron chi connectivity index (χ2n) is 10.7. The van der Waals surface area contributed by atoms with Crippen LogP contribution in [0.3, 0.4) is 0 Å². The van der Waals surface area contributed by atoms with Crippen molar-refractivity contribution in [1.82, 2.24) is 20.1 Å². The monoisotopic (exact) mass is 553 g/mol. The van der Waals surface area contributed by atoms with Crippen molar-refractivity contribution in [1.29, 1.82) is 0 Å². The molecule has 2 aliphatic rings. The Hall–Kier alpha value is -4.01. The van der Waals surface area contributed by atoms with Crippen molar-refractivity contribution in [3.05, 3.63) is 101 Å². The molecule has 2 heterocycles. The predicted octanol–water partition coefficient (Wildman–Crippen LogP) is 4.16. The summed E-state index contributed by atoms with van der Waals surface area (Å²) in [7, 11) is 0. The number of hydrogen-bond donors (Lipinski definition) is 1. The Morgan fingerprint density at radius 3 is 1.98 bits per heavy atom. The van der Waals surface area contributed by atoms with Gasteiger partial charge in [-0.3, -0.25) is 19.4 Å². The number of carbonyl (C=O) groups is 2. The number of nitrogens with zero attached hydrogens (tertiary/aromatic N) is 4. The Morgan fingerprint density at radius 1 is 0.732 bits per heavy atom. The molecular formula is C33H39N5O3. The van der Waals surface area contributed by atoms with Gasteiger partial charge in [0, 0.05) is 57.9 Å². The van der Waals surface area contributed by atoms with Gasteiger partial charge in [-0.25, -0.2) is 5.43 Å². The Kier molecular flexibility index (Phi) is 10.1. The van der Waals surface area contributed by atoms with Crippen LogP contribution in [0.15, 0.2) is 84.0 Å². The molecule has 1 N–H and O–H groups in total. The van der Waals surface area contributed by atoms with Gasteiger partial charge in [-0.05, 0) is 72.4 Å². The molecular weight excluding hydrogens is 514 g/mol. The van der Waals surface area contributed by atoms with E-state index in [2.05, 4.69) is 50.7 Å². The first-order valence-corrected chi connectivity index (χ1v) is 14.5. The molecule has 2 saturated heterocycles. The third-order valence-corrected chi connectivity index (χ3v) is 7.67. The summed E-state index contributed by atoms with van der Waals surface area (Å²) in [5.74, 6) is 0.410. The van der Waals surface area contributed by atoms with E-state index in [9.17, 15) is 9.59 Å². The van der Waals surface area contributed by atoms with Gasteiger partial charge >= 0.3 is 0 Å². The molecule has 0 aliphatic carbocycles. The van der Waals surface area contributed by atoms with Crippen LogP contribution >= 0.6 is 0 Å². The van der Waals surface area contributed by atoms with Crippen molar-refractivity contribution in [3.8, 4) is 5.75 Å². The molecule has 2 amide bonds. The zero-order valence-electron chi connectivity index (χ0n) is 23.6. The molecule has 3 aromatic rings. The van der Waals surface area contributed by atoms with Gasteiger partial charge in [0.1, 0.15) is 5.75 Å². The van der Waals surface area contributed by atoms with Crippen LogP contribution in [0.25, 0.3) is 0 Å². The molecule has 8 nitrogen and oxygen atoms in total. The quantitative estimate of drug-likeness (QED) is 0.301. The first-order valence-electron chi connectivity index (χ1n) is 14.5. The fourth-order valence-electron chi connectivity index (χ4n) is 5.23. The van der Waals surface area contributed by atoms with Crippen molar-refractivity contribution < 1.29 is 14.3 Å². The van der Waals surface area contributed by atoms with Crippen molar-refractivity contribution in [2.75, 3.05) is 45.9 Å². The van der Waals surface area contributed by atoms with Crippen LogP contribution in [0.5, 0.6) is 5.75 Å². The minimum Gasteiger partial charge on any atom is -0.484 e. The molecule has 0 unspecified atom stereocenters. The first kappa shape index (κ1) is 28.5. The second kappa shape index (κ2) is 14.6. The van der Waals surface area contributed by atoms with Crippen LogP contribution < -0.4 is 10.2 Å². The SMILES string of the molecule is O=C(N/N=C\c1ccc(OCC(=O)N2CCCCC2)cc1)c1ccc(CN2CCN(Cc3ccccc3)CC2)cc1. The Bertz CT molecular complexity index is 1280. The number of piperidine rings is 1. The van der Waals surface area contributed by atoms with Gasteiger partial charge < -0.3 is 9.64 Å². The topological polar surface area (TPSA) is 77.5 Å². The van der Waals surface area contributed by atoms with Gasteiger partial charge in [0.2, 0.25) is 0 Å². The third-order valence-electron chi connectivity index (χ3n) is 7.67. The van der Waals surface area contributed by atoms with E-state index >= 15 is 0 Å². The van der Waals surface area contributed by atoms with E-state index in [1.165, 1.54) is 17.5 Å². The summed E-state index contributed by atoms with van der Waals surface area (Å²) < 4.78 is 5.65. The van der Waals surface area contributed by atoms with E-state index in [0.29, 0.717) is 11.3 Å². The molecule has 41 heavy (non-hydrogen) atoms. The zero-order chi connectivity index (χ0) is 28.3. The number of hydrogen-bond acceptors (Lipinski definition) is 6. The largest absolute Gasteiger partial charge is 0.484 e. The lowest BCUT2D eigenvalue weighted by atomic mass is 10.1. The Morgan fingerprint density at radius 2 is 1.34 bits per heavy atom. The molecule has 0 spiro atoms. The van der Waals surface area contributed by atoms with E-state index in [1.54, 1.807) is 18.3 Å². The summed E-state index contributed by atoms with van der Waals surface area (Å²) in [4.78, 5) is 31.7. The Labute approximate surface area is 242 Å². The highest BCUT2D eigenvalue weighted by molar-refractivity contribution is 5.94. The lowest BCUT2D eigenvalue weighted by Crippen LogP contribution is -2.45. The minimum absolute atomic E-state index is 0.0310. The summed E-state index contributed by atoms with van der Waals surface area (Å²) in [6, 6.07) is 25.6. The number of hydrazone groups is 1. The van der Waals surface area contributed by atoms with E-state index in [-0.39, 0.29) is 18.4 Å². The number of amides is 2. The molecule has 2 aliphatic heterocycles. The number of benzene rings is 3. The standard InChI is InChI=1S/C33H39N5O3/c39-32(38-17-5-2-6-18-38)26-41-31-15-11-27(12-16-31)23-34-35-33(40)30-13-9-29(10-14-30)25-37-21-19-36(20-22-37)24-28-7-3-1-4-8-28/h1,3-4,7-16,23H,2,5-6,17-22,24-26H2,(H,35,40)/b34-23-. The minimum atomic E-state index is -0.251. The normalized spacial score (nSPS) is 16.5. The van der Waals surface area contributed by atoms with Crippen molar-refractivity contribution in [3.63, 3.8) is 0 Å². The van der Waals surface area contributed by atoms with Crippen LogP contribution in [-0.4, -0.2) is 78.6 Å². The first-order chi connectivity index (χ1) is 20.1. The average Bonchev–Trinajstić information content (AvgIpc) is 3.03. The summed E-state index contributed by atoms with van der Waals surface area (Å²) in [6.07, 6.45) is 4.91. The number of rotatable bonds is 10.